The van der Waals surface area contributed by atoms with E-state index in [1.807, 2.05) is 55.4 Å². The highest BCUT2D eigenvalue weighted by molar-refractivity contribution is 7.91. The van der Waals surface area contributed by atoms with E-state index in [-0.39, 0.29) is 5.75 Å². The molecule has 2 aromatic carbocycles. The number of hydrogen-bond donors (Lipinski definition) is 1. The second-order valence-corrected chi connectivity index (χ2v) is 15.7. The summed E-state index contributed by atoms with van der Waals surface area (Å²) in [7, 11) is 0.323. The molecule has 2 aromatic rings. The summed E-state index contributed by atoms with van der Waals surface area (Å²) in [6.45, 7) is 13.6. The van der Waals surface area contributed by atoms with Gasteiger partial charge in [0.1, 0.15) is 5.75 Å². The molecule has 0 amide bonds. The lowest BCUT2D eigenvalue weighted by molar-refractivity contribution is -0.941. The molecule has 4 aliphatic rings. The molecule has 2 atom stereocenters. The van der Waals surface area contributed by atoms with Gasteiger partial charge >= 0.3 is 0 Å². The van der Waals surface area contributed by atoms with Gasteiger partial charge in [0.15, 0.2) is 9.84 Å². The minimum absolute atomic E-state index is 0.00873. The Balaban J connectivity index is 1.42. The van der Waals surface area contributed by atoms with Gasteiger partial charge in [-0.3, -0.25) is 4.90 Å². The fourth-order valence-electron chi connectivity index (χ4n) is 7.82. The summed E-state index contributed by atoms with van der Waals surface area (Å²) in [6, 6.07) is 13.7. The molecule has 43 heavy (non-hydrogen) atoms. The van der Waals surface area contributed by atoms with Crippen molar-refractivity contribution in [3.8, 4) is 5.75 Å². The summed E-state index contributed by atoms with van der Waals surface area (Å²) in [5.74, 6) is 0.377. The van der Waals surface area contributed by atoms with Gasteiger partial charge in [0, 0.05) is 57.2 Å². The number of unbranched alkanes of at least 4 members (excludes halogenated alkanes) is 2. The second kappa shape index (κ2) is 13.5. The molecule has 6 rings (SSSR count). The molecule has 0 spiro atoms. The lowest BCUT2D eigenvalue weighted by Crippen LogP contribution is -2.67. The molecule has 2 bridgehead atoms. The Morgan fingerprint density at radius 3 is 2.16 bits per heavy atom. The van der Waals surface area contributed by atoms with E-state index in [2.05, 4.69) is 18.7 Å². The van der Waals surface area contributed by atoms with Crippen LogP contribution in [0.1, 0.15) is 75.8 Å². The Morgan fingerprint density at radius 1 is 0.953 bits per heavy atom. The van der Waals surface area contributed by atoms with Crippen LogP contribution in [0.25, 0.3) is 0 Å². The number of aliphatic hydroxyl groups excluding tert-OH is 1. The number of benzene rings is 2. The van der Waals surface area contributed by atoms with Crippen LogP contribution < -0.4 is 9.64 Å². The highest BCUT2D eigenvalue weighted by Crippen LogP contribution is 2.50. The number of ether oxygens (including phenoxy) is 1. The number of rotatable bonds is 13. The highest BCUT2D eigenvalue weighted by atomic mass is 32.2. The molecular weight excluding hydrogens is 558 g/mol. The fourth-order valence-corrected chi connectivity index (χ4v) is 10.0. The van der Waals surface area contributed by atoms with Crippen LogP contribution in [-0.2, 0) is 9.84 Å². The Kier molecular flexibility index (Phi) is 10.1. The number of aliphatic hydroxyl groups is 1. The van der Waals surface area contributed by atoms with Crippen molar-refractivity contribution in [2.24, 2.45) is 5.41 Å². The number of sulfone groups is 1. The van der Waals surface area contributed by atoms with Crippen LogP contribution in [-0.4, -0.2) is 101 Å². The van der Waals surface area contributed by atoms with Crippen LogP contribution in [0.4, 0.5) is 5.69 Å². The average Bonchev–Trinajstić information content (AvgIpc) is 3.08. The first-order valence-electron chi connectivity index (χ1n) is 16.6. The van der Waals surface area contributed by atoms with Crippen molar-refractivity contribution in [1.82, 2.24) is 4.90 Å². The molecule has 4 heterocycles. The fraction of sp³-hybridized carbons (Fsp3) is 0.657. The molecule has 0 aromatic heterocycles. The van der Waals surface area contributed by atoms with Crippen LogP contribution in [0.15, 0.2) is 47.4 Å². The summed E-state index contributed by atoms with van der Waals surface area (Å²) in [5.41, 5.74) is 1.88. The van der Waals surface area contributed by atoms with Gasteiger partial charge < -0.3 is 19.2 Å². The minimum atomic E-state index is -3.61. The van der Waals surface area contributed by atoms with Crippen molar-refractivity contribution in [2.75, 3.05) is 77.2 Å². The Bertz CT molecular complexity index is 1300. The van der Waals surface area contributed by atoms with E-state index in [1.54, 1.807) is 6.07 Å². The van der Waals surface area contributed by atoms with Gasteiger partial charge in [-0.05, 0) is 54.3 Å². The monoisotopic (exact) mass is 612 g/mol. The van der Waals surface area contributed by atoms with Crippen LogP contribution in [0.5, 0.6) is 5.75 Å². The Labute approximate surface area is 260 Å². The highest BCUT2D eigenvalue weighted by Gasteiger charge is 2.49. The Hall–Kier alpha value is -2.13. The molecule has 1 N–H and O–H groups in total. The standard InChI is InChI=1S/C35H54N3O4S/c1-5-7-16-35(17-8-6-2)27-43(40,41)32-15-12-29(36(3)4)26-31(32)33(34(35)39)28-10-13-30(14-11-28)42-25-9-21-38-22-18-37(19-23-38)20-24-38/h10-15,26,33-34,39H,5-9,16-25,27H2,1-4H3/q+1/t33-,34-/m1/s1. The van der Waals surface area contributed by atoms with Crippen LogP contribution in [0, 0.1) is 5.41 Å². The van der Waals surface area contributed by atoms with Crippen molar-refractivity contribution >= 4 is 15.5 Å². The van der Waals surface area contributed by atoms with Crippen molar-refractivity contribution in [2.45, 2.75) is 75.7 Å². The third kappa shape index (κ3) is 6.92. The lowest BCUT2D eigenvalue weighted by atomic mass is 9.68. The van der Waals surface area contributed by atoms with Crippen LogP contribution in [0.2, 0.25) is 0 Å². The van der Waals surface area contributed by atoms with Crippen molar-refractivity contribution in [3.05, 3.63) is 53.6 Å². The van der Waals surface area contributed by atoms with E-state index in [9.17, 15) is 13.5 Å². The zero-order chi connectivity index (χ0) is 30.7. The van der Waals surface area contributed by atoms with E-state index in [0.29, 0.717) is 29.9 Å². The third-order valence-electron chi connectivity index (χ3n) is 10.6. The molecule has 0 radical (unpaired) electrons. The molecule has 0 unspecified atom stereocenters. The quantitative estimate of drug-likeness (QED) is 0.244. The molecule has 0 aliphatic carbocycles. The topological polar surface area (TPSA) is 70.1 Å². The Morgan fingerprint density at radius 2 is 1.58 bits per heavy atom. The predicted octanol–water partition coefficient (Wildman–Crippen LogP) is 5.31. The van der Waals surface area contributed by atoms with E-state index >= 15 is 0 Å². The molecule has 238 valence electrons. The molecule has 4 aliphatic heterocycles. The zero-order valence-electron chi connectivity index (χ0n) is 26.9. The van der Waals surface area contributed by atoms with Crippen LogP contribution in [0.3, 0.4) is 0 Å². The van der Waals surface area contributed by atoms with Gasteiger partial charge in [0.25, 0.3) is 0 Å². The molecule has 3 saturated heterocycles. The first kappa shape index (κ1) is 32.3. The molecule has 7 nitrogen and oxygen atoms in total. The van der Waals surface area contributed by atoms with Gasteiger partial charge in [0.2, 0.25) is 0 Å². The zero-order valence-corrected chi connectivity index (χ0v) is 27.7. The first-order chi connectivity index (χ1) is 20.6. The third-order valence-corrected chi connectivity index (χ3v) is 12.6. The number of hydrogen-bond acceptors (Lipinski definition) is 6. The maximum Gasteiger partial charge on any atom is 0.179 e. The SMILES string of the molecule is CCCCC1(CCCC)CS(=O)(=O)c2ccc(N(C)C)cc2[C@@H](c2ccc(OCCC[N+]34CCN(CC3)CC4)cc2)[C@H]1O. The van der Waals surface area contributed by atoms with Gasteiger partial charge in [-0.25, -0.2) is 8.42 Å². The number of piperazine rings is 3. The van der Waals surface area contributed by atoms with Crippen molar-refractivity contribution < 1.29 is 22.7 Å². The number of anilines is 1. The van der Waals surface area contributed by atoms with Gasteiger partial charge in [-0.2, -0.15) is 0 Å². The maximum atomic E-state index is 14.1. The van der Waals surface area contributed by atoms with Crippen molar-refractivity contribution in [1.29, 1.82) is 0 Å². The largest absolute Gasteiger partial charge is 0.493 e. The average molecular weight is 613 g/mol. The summed E-state index contributed by atoms with van der Waals surface area (Å²) >= 11 is 0. The van der Waals surface area contributed by atoms with E-state index in [0.717, 1.165) is 49.1 Å². The summed E-state index contributed by atoms with van der Waals surface area (Å²) < 4.78 is 35.6. The summed E-state index contributed by atoms with van der Waals surface area (Å²) in [6.07, 6.45) is 5.35. The van der Waals surface area contributed by atoms with E-state index in [1.165, 1.54) is 50.3 Å². The molecular formula is C35H54N3O4S+. The number of nitrogens with zero attached hydrogens (tertiary/aromatic N) is 3. The molecule has 8 heteroatoms. The smallest absolute Gasteiger partial charge is 0.179 e. The normalized spacial score (nSPS) is 27.3. The van der Waals surface area contributed by atoms with Gasteiger partial charge in [0.05, 0.1) is 49.5 Å². The summed E-state index contributed by atoms with van der Waals surface area (Å²) in [5, 5.41) is 12.4. The van der Waals surface area contributed by atoms with Gasteiger partial charge in [-0.15, -0.1) is 0 Å². The number of fused-ring (bicyclic) bond motifs is 4. The molecule has 3 fully saturated rings. The van der Waals surface area contributed by atoms with E-state index in [4.69, 9.17) is 4.74 Å². The van der Waals surface area contributed by atoms with Crippen LogP contribution >= 0.6 is 0 Å². The van der Waals surface area contributed by atoms with Crippen molar-refractivity contribution in [3.63, 3.8) is 0 Å². The lowest BCUT2D eigenvalue weighted by Gasteiger charge is -2.50. The maximum absolute atomic E-state index is 14.1. The number of quaternary nitrogens is 1. The predicted molar refractivity (Wildman–Crippen MR) is 175 cm³/mol. The molecule has 0 saturated carbocycles. The minimum Gasteiger partial charge on any atom is -0.493 e. The second-order valence-electron chi connectivity index (χ2n) is 13.7. The van der Waals surface area contributed by atoms with Gasteiger partial charge in [-0.1, -0.05) is 51.7 Å². The van der Waals surface area contributed by atoms with E-state index < -0.39 is 27.3 Å². The first-order valence-corrected chi connectivity index (χ1v) is 18.3. The summed E-state index contributed by atoms with van der Waals surface area (Å²) in [4.78, 5) is 4.94.